The van der Waals surface area contributed by atoms with Crippen LogP contribution in [0.4, 0.5) is 0 Å². The monoisotopic (exact) mass is 340 g/mol. The van der Waals surface area contributed by atoms with Crippen molar-refractivity contribution in [1.82, 2.24) is 0 Å². The van der Waals surface area contributed by atoms with E-state index in [9.17, 15) is 25.2 Å². The molecule has 5 N–H and O–H groups in total. The van der Waals surface area contributed by atoms with Crippen LogP contribution in [-0.4, -0.2) is 55.9 Å². The summed E-state index contributed by atoms with van der Waals surface area (Å²) >= 11 is 0. The fraction of sp³-hybridized carbons (Fsp3) is 0.722. The zero-order valence-corrected chi connectivity index (χ0v) is 14.0. The maximum Gasteiger partial charge on any atom is 0.305 e. The van der Waals surface area contributed by atoms with E-state index in [4.69, 9.17) is 5.11 Å². The molecule has 2 rings (SSSR count). The third-order valence-electron chi connectivity index (χ3n) is 5.18. The minimum absolute atomic E-state index is 0.0396. The van der Waals surface area contributed by atoms with Gasteiger partial charge in [-0.1, -0.05) is 25.2 Å². The van der Waals surface area contributed by atoms with Crippen LogP contribution in [0, 0.1) is 17.8 Å². The number of aliphatic hydroxyl groups is 4. The van der Waals surface area contributed by atoms with Crippen molar-refractivity contribution in [1.29, 1.82) is 0 Å². The fourth-order valence-corrected chi connectivity index (χ4v) is 3.99. The molecule has 24 heavy (non-hydrogen) atoms. The summed E-state index contributed by atoms with van der Waals surface area (Å²) < 4.78 is 0. The van der Waals surface area contributed by atoms with Gasteiger partial charge in [-0.05, 0) is 36.7 Å². The van der Waals surface area contributed by atoms with E-state index < -0.39 is 30.4 Å². The SMILES string of the molecule is C[C@@H]1C=CC2=C[C@@H](O)C[C@H](O)[C@H]2[C@H]1CC[C@@H](O)C[C@@H](O)CC(=O)O. The maximum atomic E-state index is 10.6. The summed E-state index contributed by atoms with van der Waals surface area (Å²) in [5.74, 6) is -0.743. The van der Waals surface area contributed by atoms with Gasteiger partial charge in [0.15, 0.2) is 0 Å². The third-order valence-corrected chi connectivity index (χ3v) is 5.18. The van der Waals surface area contributed by atoms with Gasteiger partial charge in [0, 0.05) is 12.3 Å². The molecule has 6 heteroatoms. The van der Waals surface area contributed by atoms with Crippen LogP contribution in [0.5, 0.6) is 0 Å². The largest absolute Gasteiger partial charge is 0.481 e. The number of fused-ring (bicyclic) bond motifs is 1. The first kappa shape index (κ1) is 19.1. The molecule has 136 valence electrons. The molecule has 7 atom stereocenters. The quantitative estimate of drug-likeness (QED) is 0.469. The molecule has 0 saturated carbocycles. The highest BCUT2D eigenvalue weighted by Crippen LogP contribution is 2.42. The molecule has 0 fully saturated rings. The smallest absolute Gasteiger partial charge is 0.305 e. The average Bonchev–Trinajstić information content (AvgIpc) is 2.45. The second kappa shape index (κ2) is 8.25. The normalized spacial score (nSPS) is 35.0. The van der Waals surface area contributed by atoms with Gasteiger partial charge in [0.1, 0.15) is 0 Å². The minimum Gasteiger partial charge on any atom is -0.481 e. The molecule has 0 aliphatic heterocycles. The van der Waals surface area contributed by atoms with Gasteiger partial charge in [0.2, 0.25) is 0 Å². The lowest BCUT2D eigenvalue weighted by Crippen LogP contribution is -2.40. The molecule has 0 amide bonds. The zero-order valence-electron chi connectivity index (χ0n) is 14.0. The predicted molar refractivity (Wildman–Crippen MR) is 88.1 cm³/mol. The molecular formula is C18H28O6. The molecule has 0 heterocycles. The second-order valence-corrected chi connectivity index (χ2v) is 7.16. The van der Waals surface area contributed by atoms with Crippen LogP contribution in [0.1, 0.15) is 39.0 Å². The van der Waals surface area contributed by atoms with Crippen molar-refractivity contribution in [3.05, 3.63) is 23.8 Å². The summed E-state index contributed by atoms with van der Waals surface area (Å²) in [6, 6.07) is 0. The summed E-state index contributed by atoms with van der Waals surface area (Å²) in [6.07, 6.45) is 3.87. The molecule has 2 aliphatic rings. The van der Waals surface area contributed by atoms with Crippen molar-refractivity contribution in [3.63, 3.8) is 0 Å². The van der Waals surface area contributed by atoms with E-state index in [0.29, 0.717) is 19.3 Å². The molecule has 0 aromatic carbocycles. The Morgan fingerprint density at radius 1 is 1.29 bits per heavy atom. The molecule has 0 unspecified atom stereocenters. The Labute approximate surface area is 142 Å². The first-order valence-electron chi connectivity index (χ1n) is 8.62. The van der Waals surface area contributed by atoms with Crippen LogP contribution in [0.3, 0.4) is 0 Å². The summed E-state index contributed by atoms with van der Waals surface area (Å²) in [7, 11) is 0. The summed E-state index contributed by atoms with van der Waals surface area (Å²) in [4.78, 5) is 10.6. The van der Waals surface area contributed by atoms with Gasteiger partial charge < -0.3 is 25.5 Å². The number of hydrogen-bond acceptors (Lipinski definition) is 5. The minimum atomic E-state index is -1.08. The molecule has 0 bridgehead atoms. The van der Waals surface area contributed by atoms with Gasteiger partial charge in [0.25, 0.3) is 0 Å². The summed E-state index contributed by atoms with van der Waals surface area (Å²) in [5, 5.41) is 48.5. The predicted octanol–water partition coefficient (Wildman–Crippen LogP) is 0.843. The number of carbonyl (C=O) groups is 1. The molecular weight excluding hydrogens is 312 g/mol. The Morgan fingerprint density at radius 3 is 2.67 bits per heavy atom. The van der Waals surface area contributed by atoms with E-state index in [1.807, 2.05) is 6.08 Å². The van der Waals surface area contributed by atoms with Gasteiger partial charge in [0.05, 0.1) is 30.8 Å². The Bertz CT molecular complexity index is 500. The highest BCUT2D eigenvalue weighted by atomic mass is 16.4. The topological polar surface area (TPSA) is 118 Å². The molecule has 0 aromatic heterocycles. The number of carboxylic acids is 1. The van der Waals surface area contributed by atoms with E-state index in [0.717, 1.165) is 5.57 Å². The Hall–Kier alpha value is -1.21. The van der Waals surface area contributed by atoms with Crippen molar-refractivity contribution < 1.29 is 30.3 Å². The lowest BCUT2D eigenvalue weighted by molar-refractivity contribution is -0.139. The van der Waals surface area contributed by atoms with Crippen LogP contribution in [0.15, 0.2) is 23.8 Å². The molecule has 0 radical (unpaired) electrons. The highest BCUT2D eigenvalue weighted by Gasteiger charge is 2.39. The van der Waals surface area contributed by atoms with Crippen molar-refractivity contribution >= 4 is 5.97 Å². The van der Waals surface area contributed by atoms with Gasteiger partial charge >= 0.3 is 5.97 Å². The molecule has 6 nitrogen and oxygen atoms in total. The third kappa shape index (κ3) is 4.89. The van der Waals surface area contributed by atoms with E-state index in [1.165, 1.54) is 0 Å². The van der Waals surface area contributed by atoms with Crippen LogP contribution < -0.4 is 0 Å². The van der Waals surface area contributed by atoms with Crippen LogP contribution in [0.2, 0.25) is 0 Å². The first-order valence-corrected chi connectivity index (χ1v) is 8.62. The lowest BCUT2D eigenvalue weighted by atomic mass is 9.66. The van der Waals surface area contributed by atoms with Crippen LogP contribution in [0.25, 0.3) is 0 Å². The fourth-order valence-electron chi connectivity index (χ4n) is 3.99. The zero-order chi connectivity index (χ0) is 17.9. The Balaban J connectivity index is 1.94. The molecule has 2 aliphatic carbocycles. The molecule has 0 saturated heterocycles. The van der Waals surface area contributed by atoms with Crippen molar-refractivity contribution in [3.8, 4) is 0 Å². The van der Waals surface area contributed by atoms with Gasteiger partial charge in [-0.3, -0.25) is 4.79 Å². The average molecular weight is 340 g/mol. The number of hydrogen-bond donors (Lipinski definition) is 5. The second-order valence-electron chi connectivity index (χ2n) is 7.16. The highest BCUT2D eigenvalue weighted by molar-refractivity contribution is 5.67. The van der Waals surface area contributed by atoms with E-state index in [1.54, 1.807) is 6.08 Å². The van der Waals surface area contributed by atoms with Gasteiger partial charge in [-0.15, -0.1) is 0 Å². The van der Waals surface area contributed by atoms with Crippen LogP contribution in [-0.2, 0) is 4.79 Å². The summed E-state index contributed by atoms with van der Waals surface area (Å²) in [5.41, 5.74) is 0.949. The lowest BCUT2D eigenvalue weighted by Gasteiger charge is -2.41. The van der Waals surface area contributed by atoms with Gasteiger partial charge in [-0.2, -0.15) is 0 Å². The number of rotatable bonds is 7. The number of carboxylic acid groups (broad SMARTS) is 1. The van der Waals surface area contributed by atoms with Gasteiger partial charge in [-0.25, -0.2) is 0 Å². The van der Waals surface area contributed by atoms with E-state index >= 15 is 0 Å². The first-order chi connectivity index (χ1) is 11.3. The van der Waals surface area contributed by atoms with Crippen molar-refractivity contribution in [2.75, 3.05) is 0 Å². The van der Waals surface area contributed by atoms with Crippen LogP contribution >= 0.6 is 0 Å². The number of allylic oxidation sites excluding steroid dienone is 2. The Kier molecular flexibility index (Phi) is 6.57. The number of aliphatic hydroxyl groups excluding tert-OH is 4. The Morgan fingerprint density at radius 2 is 2.00 bits per heavy atom. The molecule has 0 aromatic rings. The van der Waals surface area contributed by atoms with Crippen molar-refractivity contribution in [2.45, 2.75) is 63.4 Å². The van der Waals surface area contributed by atoms with E-state index in [2.05, 4.69) is 13.0 Å². The number of aliphatic carboxylic acids is 1. The molecule has 0 spiro atoms. The van der Waals surface area contributed by atoms with E-state index in [-0.39, 0.29) is 30.6 Å². The summed E-state index contributed by atoms with van der Waals surface area (Å²) in [6.45, 7) is 2.07. The standard InChI is InChI=1S/C18H28O6/c1-10-2-3-11-6-13(20)8-16(22)18(11)15(10)5-4-12(19)7-14(21)9-17(23)24/h2-3,6,10,12-16,18-22H,4-5,7-9H2,1H3,(H,23,24)/t10-,12-,13-,14-,15+,16+,18-/m1/s1. The van der Waals surface area contributed by atoms with Crippen molar-refractivity contribution in [2.24, 2.45) is 17.8 Å². The maximum absolute atomic E-state index is 10.6.